The molecule has 0 unspecified atom stereocenters. The van der Waals surface area contributed by atoms with Crippen molar-refractivity contribution in [2.75, 3.05) is 22.7 Å². The van der Waals surface area contributed by atoms with Crippen LogP contribution in [0.2, 0.25) is 0 Å². The fourth-order valence-corrected chi connectivity index (χ4v) is 4.29. The maximum Gasteiger partial charge on any atom is 0.337 e. The first-order valence-electron chi connectivity index (χ1n) is 8.77. The van der Waals surface area contributed by atoms with Gasteiger partial charge in [-0.25, -0.2) is 17.6 Å². The second kappa shape index (κ2) is 7.96. The Morgan fingerprint density at radius 1 is 1.04 bits per heavy atom. The lowest BCUT2D eigenvalue weighted by atomic mass is 10.1. The molecule has 0 saturated carbocycles. The molecule has 27 heavy (non-hydrogen) atoms. The van der Waals surface area contributed by atoms with Crippen LogP contribution >= 0.6 is 0 Å². The van der Waals surface area contributed by atoms with Crippen LogP contribution in [0, 0.1) is 5.82 Å². The number of hydrogen-bond acceptors (Lipinski definition) is 4. The van der Waals surface area contributed by atoms with Crippen LogP contribution in [0.5, 0.6) is 0 Å². The number of anilines is 2. The summed E-state index contributed by atoms with van der Waals surface area (Å²) in [5.74, 6) is -1.79. The van der Waals surface area contributed by atoms with Crippen molar-refractivity contribution in [2.24, 2.45) is 0 Å². The van der Waals surface area contributed by atoms with Crippen molar-refractivity contribution in [1.82, 2.24) is 0 Å². The lowest BCUT2D eigenvalue weighted by molar-refractivity contribution is 0.0697. The topological polar surface area (TPSA) is 86.7 Å². The van der Waals surface area contributed by atoms with Crippen molar-refractivity contribution in [3.63, 3.8) is 0 Å². The Kier molecular flexibility index (Phi) is 5.65. The van der Waals surface area contributed by atoms with Gasteiger partial charge in [0.1, 0.15) is 5.82 Å². The zero-order valence-corrected chi connectivity index (χ0v) is 15.5. The molecule has 2 N–H and O–H groups in total. The molecule has 0 aromatic heterocycles. The van der Waals surface area contributed by atoms with Crippen molar-refractivity contribution in [3.05, 3.63) is 53.8 Å². The van der Waals surface area contributed by atoms with Gasteiger partial charge in [0, 0.05) is 18.8 Å². The molecule has 8 heteroatoms. The van der Waals surface area contributed by atoms with E-state index in [-0.39, 0.29) is 16.1 Å². The van der Waals surface area contributed by atoms with E-state index >= 15 is 0 Å². The summed E-state index contributed by atoms with van der Waals surface area (Å²) in [7, 11) is -4.02. The minimum absolute atomic E-state index is 0.0383. The Morgan fingerprint density at radius 3 is 2.37 bits per heavy atom. The van der Waals surface area contributed by atoms with Crippen LogP contribution in [0.15, 0.2) is 47.4 Å². The summed E-state index contributed by atoms with van der Waals surface area (Å²) in [5.41, 5.74) is 0.740. The van der Waals surface area contributed by atoms with Crippen molar-refractivity contribution in [1.29, 1.82) is 0 Å². The van der Waals surface area contributed by atoms with E-state index in [2.05, 4.69) is 4.72 Å². The molecule has 3 rings (SSSR count). The van der Waals surface area contributed by atoms with Gasteiger partial charge in [-0.3, -0.25) is 4.72 Å². The smallest absolute Gasteiger partial charge is 0.337 e. The molecule has 2 aromatic carbocycles. The summed E-state index contributed by atoms with van der Waals surface area (Å²) in [6.45, 7) is 1.54. The number of rotatable bonds is 5. The molecule has 0 aliphatic carbocycles. The van der Waals surface area contributed by atoms with Crippen LogP contribution in [0.3, 0.4) is 0 Å². The van der Waals surface area contributed by atoms with Gasteiger partial charge in [0.05, 0.1) is 16.1 Å². The highest BCUT2D eigenvalue weighted by molar-refractivity contribution is 7.92. The molecule has 1 saturated heterocycles. The molecule has 1 heterocycles. The second-order valence-corrected chi connectivity index (χ2v) is 8.18. The van der Waals surface area contributed by atoms with E-state index in [1.807, 2.05) is 4.90 Å². The van der Waals surface area contributed by atoms with Crippen molar-refractivity contribution < 1.29 is 22.7 Å². The summed E-state index contributed by atoms with van der Waals surface area (Å²) < 4.78 is 40.5. The first-order valence-corrected chi connectivity index (χ1v) is 10.3. The Balaban J connectivity index is 1.91. The van der Waals surface area contributed by atoms with E-state index in [1.165, 1.54) is 24.3 Å². The number of carboxylic acids is 1. The lowest BCUT2D eigenvalue weighted by Crippen LogP contribution is -2.26. The third kappa shape index (κ3) is 4.57. The number of halogens is 1. The van der Waals surface area contributed by atoms with Gasteiger partial charge >= 0.3 is 5.97 Å². The van der Waals surface area contributed by atoms with E-state index in [1.54, 1.807) is 6.07 Å². The van der Waals surface area contributed by atoms with Gasteiger partial charge in [-0.05, 0) is 49.2 Å². The Bertz CT molecular complexity index is 938. The highest BCUT2D eigenvalue weighted by atomic mass is 32.2. The zero-order valence-electron chi connectivity index (χ0n) is 14.7. The first-order chi connectivity index (χ1) is 12.9. The van der Waals surface area contributed by atoms with Gasteiger partial charge in [-0.15, -0.1) is 0 Å². The third-order valence-electron chi connectivity index (χ3n) is 4.53. The Hall–Kier alpha value is -2.61. The third-order valence-corrected chi connectivity index (χ3v) is 5.91. The maximum absolute atomic E-state index is 13.3. The van der Waals surface area contributed by atoms with Gasteiger partial charge in [0.2, 0.25) is 0 Å². The molecule has 0 atom stereocenters. The van der Waals surface area contributed by atoms with Crippen LogP contribution in [0.4, 0.5) is 15.8 Å². The first kappa shape index (κ1) is 19.2. The van der Waals surface area contributed by atoms with Gasteiger partial charge in [-0.1, -0.05) is 18.9 Å². The SMILES string of the molecule is O=C(O)c1cc(NS(=O)(=O)c2cccc(F)c2)ccc1N1CCCCCC1. The maximum atomic E-state index is 13.3. The lowest BCUT2D eigenvalue weighted by Gasteiger charge is -2.24. The highest BCUT2D eigenvalue weighted by Crippen LogP contribution is 2.28. The average molecular weight is 392 g/mol. The molecule has 0 bridgehead atoms. The minimum atomic E-state index is -4.02. The molecule has 2 aromatic rings. The van der Waals surface area contributed by atoms with Crippen molar-refractivity contribution in [3.8, 4) is 0 Å². The summed E-state index contributed by atoms with van der Waals surface area (Å²) in [6, 6.07) is 9.09. The number of carbonyl (C=O) groups is 1. The number of carboxylic acid groups (broad SMARTS) is 1. The van der Waals surface area contributed by atoms with Gasteiger partial charge in [0.15, 0.2) is 0 Å². The molecule has 0 radical (unpaired) electrons. The van der Waals surface area contributed by atoms with Crippen LogP contribution in [-0.4, -0.2) is 32.6 Å². The quantitative estimate of drug-likeness (QED) is 0.810. The van der Waals surface area contributed by atoms with Crippen molar-refractivity contribution in [2.45, 2.75) is 30.6 Å². The van der Waals surface area contributed by atoms with Crippen LogP contribution in [-0.2, 0) is 10.0 Å². The number of benzene rings is 2. The highest BCUT2D eigenvalue weighted by Gasteiger charge is 2.20. The van der Waals surface area contributed by atoms with E-state index < -0.39 is 21.8 Å². The van der Waals surface area contributed by atoms with Crippen LogP contribution in [0.25, 0.3) is 0 Å². The van der Waals surface area contributed by atoms with E-state index in [0.717, 1.165) is 50.9 Å². The molecular weight excluding hydrogens is 371 g/mol. The molecular formula is C19H21FN2O4S. The fourth-order valence-electron chi connectivity index (χ4n) is 3.21. The molecule has 0 amide bonds. The minimum Gasteiger partial charge on any atom is -0.478 e. The normalized spacial score (nSPS) is 15.2. The molecule has 1 aliphatic heterocycles. The average Bonchev–Trinajstić information content (AvgIpc) is 2.90. The van der Waals surface area contributed by atoms with Gasteiger partial charge in [-0.2, -0.15) is 0 Å². The number of aromatic carboxylic acids is 1. The van der Waals surface area contributed by atoms with Crippen LogP contribution < -0.4 is 9.62 Å². The monoisotopic (exact) mass is 392 g/mol. The number of hydrogen-bond donors (Lipinski definition) is 2. The van der Waals surface area contributed by atoms with E-state index in [0.29, 0.717) is 5.69 Å². The number of nitrogens with one attached hydrogen (secondary N) is 1. The molecule has 0 spiro atoms. The van der Waals surface area contributed by atoms with E-state index in [9.17, 15) is 22.7 Å². The summed E-state index contributed by atoms with van der Waals surface area (Å²) in [6.07, 6.45) is 4.22. The summed E-state index contributed by atoms with van der Waals surface area (Å²) in [4.78, 5) is 13.5. The van der Waals surface area contributed by atoms with Gasteiger partial charge < -0.3 is 10.0 Å². The molecule has 144 valence electrons. The molecule has 6 nitrogen and oxygen atoms in total. The van der Waals surface area contributed by atoms with Gasteiger partial charge in [0.25, 0.3) is 10.0 Å². The standard InChI is InChI=1S/C19H21FN2O4S/c20-14-6-5-7-16(12-14)27(25,26)21-15-8-9-18(17(13-15)19(23)24)22-10-3-1-2-4-11-22/h5-9,12-13,21H,1-4,10-11H2,(H,23,24). The summed E-state index contributed by atoms with van der Waals surface area (Å²) in [5, 5.41) is 9.59. The molecule has 1 aliphatic rings. The Morgan fingerprint density at radius 2 is 1.74 bits per heavy atom. The largest absolute Gasteiger partial charge is 0.478 e. The number of nitrogens with zero attached hydrogens (tertiary/aromatic N) is 1. The second-order valence-electron chi connectivity index (χ2n) is 6.50. The number of sulfonamides is 1. The summed E-state index contributed by atoms with van der Waals surface area (Å²) >= 11 is 0. The van der Waals surface area contributed by atoms with Crippen LogP contribution in [0.1, 0.15) is 36.0 Å². The predicted molar refractivity (Wildman–Crippen MR) is 101 cm³/mol. The Labute approximate surface area is 157 Å². The van der Waals surface area contributed by atoms with Crippen molar-refractivity contribution >= 4 is 27.4 Å². The zero-order chi connectivity index (χ0) is 19.4. The predicted octanol–water partition coefficient (Wildman–Crippen LogP) is 3.71. The fraction of sp³-hybridized carbons (Fsp3) is 0.316. The van der Waals surface area contributed by atoms with E-state index in [4.69, 9.17) is 0 Å². The molecule has 1 fully saturated rings.